The molecule has 112 valence electrons. The van der Waals surface area contributed by atoms with Crippen LogP contribution in [0.3, 0.4) is 0 Å². The summed E-state index contributed by atoms with van der Waals surface area (Å²) in [5.74, 6) is -0.419. The monoisotopic (exact) mass is 299 g/mol. The molecule has 0 unspecified atom stereocenters. The van der Waals surface area contributed by atoms with Crippen molar-refractivity contribution in [1.82, 2.24) is 9.80 Å². The third kappa shape index (κ3) is 2.51. The number of nitriles is 1. The van der Waals surface area contributed by atoms with Gasteiger partial charge in [0.15, 0.2) is 6.61 Å². The minimum absolute atomic E-state index is 0.0673. The number of nitrogens with zero attached hydrogens (tertiary/aromatic N) is 3. The molecular weight excluding hydrogens is 286 g/mol. The van der Waals surface area contributed by atoms with Gasteiger partial charge in [0.1, 0.15) is 0 Å². The Labute approximate surface area is 126 Å². The third-order valence-electron chi connectivity index (χ3n) is 3.76. The first-order valence-electron chi connectivity index (χ1n) is 6.85. The van der Waals surface area contributed by atoms with Crippen LogP contribution in [0.15, 0.2) is 24.3 Å². The molecule has 0 aliphatic carbocycles. The van der Waals surface area contributed by atoms with Gasteiger partial charge in [0.2, 0.25) is 0 Å². The quantitative estimate of drug-likeness (QED) is 0.815. The van der Waals surface area contributed by atoms with E-state index in [0.717, 1.165) is 4.90 Å². The molecule has 2 aliphatic rings. The number of carbonyl (C=O) groups is 3. The van der Waals surface area contributed by atoms with Crippen molar-refractivity contribution < 1.29 is 19.1 Å². The van der Waals surface area contributed by atoms with Gasteiger partial charge in [-0.05, 0) is 18.2 Å². The lowest BCUT2D eigenvalue weighted by Gasteiger charge is -2.40. The maximum Gasteiger partial charge on any atom is 0.417 e. The SMILES string of the molecule is N#Cc1cccc(C(=O)N2CC(CN3C(=O)COC3=O)C2)c1. The summed E-state index contributed by atoms with van der Waals surface area (Å²) >= 11 is 0. The van der Waals surface area contributed by atoms with Crippen LogP contribution in [0.5, 0.6) is 0 Å². The zero-order valence-corrected chi connectivity index (χ0v) is 11.7. The van der Waals surface area contributed by atoms with Gasteiger partial charge in [-0.1, -0.05) is 6.07 Å². The van der Waals surface area contributed by atoms with E-state index in [0.29, 0.717) is 24.2 Å². The van der Waals surface area contributed by atoms with Crippen LogP contribution in [-0.2, 0) is 9.53 Å². The molecule has 1 aromatic carbocycles. The molecule has 2 heterocycles. The van der Waals surface area contributed by atoms with Crippen molar-refractivity contribution >= 4 is 17.9 Å². The van der Waals surface area contributed by atoms with Gasteiger partial charge in [-0.25, -0.2) is 9.69 Å². The van der Waals surface area contributed by atoms with Gasteiger partial charge in [-0.3, -0.25) is 9.59 Å². The number of rotatable bonds is 3. The third-order valence-corrected chi connectivity index (χ3v) is 3.76. The number of hydrogen-bond acceptors (Lipinski definition) is 5. The van der Waals surface area contributed by atoms with Gasteiger partial charge >= 0.3 is 6.09 Å². The molecular formula is C15H13N3O4. The van der Waals surface area contributed by atoms with Crippen LogP contribution in [-0.4, -0.2) is 53.9 Å². The summed E-state index contributed by atoms with van der Waals surface area (Å²) in [6.07, 6.45) is -0.614. The van der Waals surface area contributed by atoms with Crippen LogP contribution < -0.4 is 0 Å². The standard InChI is InChI=1S/C15H13N3O4/c16-5-10-2-1-3-12(4-10)14(20)17-6-11(7-17)8-18-13(19)9-22-15(18)21/h1-4,11H,6-9H2. The van der Waals surface area contributed by atoms with Crippen LogP contribution in [0.1, 0.15) is 15.9 Å². The maximum absolute atomic E-state index is 12.3. The lowest BCUT2D eigenvalue weighted by molar-refractivity contribution is -0.126. The Morgan fingerprint density at radius 3 is 2.77 bits per heavy atom. The van der Waals surface area contributed by atoms with Gasteiger partial charge in [0, 0.05) is 31.1 Å². The van der Waals surface area contributed by atoms with E-state index in [1.54, 1.807) is 29.2 Å². The number of ether oxygens (including phenoxy) is 1. The Kier molecular flexibility index (Phi) is 3.51. The molecule has 2 aliphatic heterocycles. The lowest BCUT2D eigenvalue weighted by atomic mass is 9.98. The molecule has 0 atom stereocenters. The molecule has 2 fully saturated rings. The maximum atomic E-state index is 12.3. The second-order valence-corrected chi connectivity index (χ2v) is 5.33. The van der Waals surface area contributed by atoms with E-state index in [4.69, 9.17) is 5.26 Å². The zero-order chi connectivity index (χ0) is 15.7. The average molecular weight is 299 g/mol. The van der Waals surface area contributed by atoms with Crippen molar-refractivity contribution in [2.45, 2.75) is 0 Å². The molecule has 3 amide bonds. The molecule has 0 N–H and O–H groups in total. The Bertz CT molecular complexity index is 672. The fourth-order valence-corrected chi connectivity index (χ4v) is 2.57. The first-order chi connectivity index (χ1) is 10.6. The summed E-state index contributed by atoms with van der Waals surface area (Å²) in [4.78, 5) is 37.7. The summed E-state index contributed by atoms with van der Waals surface area (Å²) in [6, 6.07) is 8.52. The molecule has 1 aromatic rings. The van der Waals surface area contributed by atoms with E-state index in [-0.39, 0.29) is 30.9 Å². The number of cyclic esters (lactones) is 1. The van der Waals surface area contributed by atoms with E-state index in [1.165, 1.54) is 0 Å². The van der Waals surface area contributed by atoms with Crippen LogP contribution in [0.25, 0.3) is 0 Å². The van der Waals surface area contributed by atoms with Crippen molar-refractivity contribution in [2.75, 3.05) is 26.2 Å². The highest BCUT2D eigenvalue weighted by atomic mass is 16.6. The van der Waals surface area contributed by atoms with Crippen LogP contribution in [0.2, 0.25) is 0 Å². The average Bonchev–Trinajstić information content (AvgIpc) is 2.81. The van der Waals surface area contributed by atoms with E-state index in [1.807, 2.05) is 6.07 Å². The van der Waals surface area contributed by atoms with Gasteiger partial charge in [0.05, 0.1) is 11.6 Å². The molecule has 0 saturated carbocycles. The second-order valence-electron chi connectivity index (χ2n) is 5.33. The molecule has 7 heteroatoms. The number of imide groups is 1. The predicted molar refractivity (Wildman–Crippen MR) is 73.6 cm³/mol. The van der Waals surface area contributed by atoms with Crippen molar-refractivity contribution in [3.63, 3.8) is 0 Å². The summed E-state index contributed by atoms with van der Waals surface area (Å²) in [6.45, 7) is 1.04. The van der Waals surface area contributed by atoms with Crippen molar-refractivity contribution in [2.24, 2.45) is 5.92 Å². The summed E-state index contributed by atoms with van der Waals surface area (Å²) in [7, 11) is 0. The summed E-state index contributed by atoms with van der Waals surface area (Å²) < 4.78 is 4.64. The Hall–Kier alpha value is -2.88. The molecule has 0 bridgehead atoms. The first kappa shape index (κ1) is 14.1. The lowest BCUT2D eigenvalue weighted by Crippen LogP contribution is -2.54. The van der Waals surface area contributed by atoms with E-state index < -0.39 is 6.09 Å². The highest BCUT2D eigenvalue weighted by Crippen LogP contribution is 2.21. The van der Waals surface area contributed by atoms with E-state index >= 15 is 0 Å². The largest absolute Gasteiger partial charge is 0.439 e. The van der Waals surface area contributed by atoms with Crippen LogP contribution in [0, 0.1) is 17.2 Å². The zero-order valence-electron chi connectivity index (χ0n) is 11.7. The molecule has 7 nitrogen and oxygen atoms in total. The molecule has 0 aromatic heterocycles. The fourth-order valence-electron chi connectivity index (χ4n) is 2.57. The smallest absolute Gasteiger partial charge is 0.417 e. The van der Waals surface area contributed by atoms with Gasteiger partial charge in [-0.2, -0.15) is 5.26 Å². The Morgan fingerprint density at radius 2 is 2.14 bits per heavy atom. The minimum Gasteiger partial charge on any atom is -0.439 e. The second kappa shape index (κ2) is 5.48. The van der Waals surface area contributed by atoms with Gasteiger partial charge < -0.3 is 9.64 Å². The van der Waals surface area contributed by atoms with Crippen molar-refractivity contribution in [3.8, 4) is 6.07 Å². The minimum atomic E-state index is -0.614. The van der Waals surface area contributed by atoms with Gasteiger partial charge in [-0.15, -0.1) is 0 Å². The molecule has 0 spiro atoms. The molecule has 0 radical (unpaired) electrons. The van der Waals surface area contributed by atoms with Crippen LogP contribution in [0.4, 0.5) is 4.79 Å². The van der Waals surface area contributed by atoms with Crippen molar-refractivity contribution in [3.05, 3.63) is 35.4 Å². The molecule has 22 heavy (non-hydrogen) atoms. The first-order valence-corrected chi connectivity index (χ1v) is 6.85. The Balaban J connectivity index is 1.57. The number of benzene rings is 1. The molecule has 3 rings (SSSR count). The topological polar surface area (TPSA) is 90.7 Å². The van der Waals surface area contributed by atoms with E-state index in [9.17, 15) is 14.4 Å². The number of hydrogen-bond donors (Lipinski definition) is 0. The number of carbonyl (C=O) groups excluding carboxylic acids is 3. The number of amides is 3. The highest BCUT2D eigenvalue weighted by molar-refractivity contribution is 5.98. The fraction of sp³-hybridized carbons (Fsp3) is 0.333. The van der Waals surface area contributed by atoms with Crippen molar-refractivity contribution in [1.29, 1.82) is 5.26 Å². The normalized spacial score (nSPS) is 18.0. The molecule has 2 saturated heterocycles. The number of likely N-dealkylation sites (tertiary alicyclic amines) is 1. The predicted octanol–water partition coefficient (Wildman–Crippen LogP) is 0.609. The van der Waals surface area contributed by atoms with Gasteiger partial charge in [0.25, 0.3) is 11.8 Å². The summed E-state index contributed by atoms with van der Waals surface area (Å²) in [5, 5.41) is 8.85. The van der Waals surface area contributed by atoms with E-state index in [2.05, 4.69) is 4.74 Å². The summed E-state index contributed by atoms with van der Waals surface area (Å²) in [5.41, 5.74) is 0.905. The highest BCUT2D eigenvalue weighted by Gasteiger charge is 2.38. The Morgan fingerprint density at radius 1 is 1.36 bits per heavy atom. The van der Waals surface area contributed by atoms with Crippen LogP contribution >= 0.6 is 0 Å².